The van der Waals surface area contributed by atoms with E-state index in [1.807, 2.05) is 0 Å². The van der Waals surface area contributed by atoms with Gasteiger partial charge in [-0.3, -0.25) is 4.79 Å². The minimum Gasteiger partial charge on any atom is -0.393 e. The van der Waals surface area contributed by atoms with Gasteiger partial charge in [0.2, 0.25) is 0 Å². The molecule has 0 radical (unpaired) electrons. The summed E-state index contributed by atoms with van der Waals surface area (Å²) in [4.78, 5) is 12.8. The first-order valence-corrected chi connectivity index (χ1v) is 18.1. The fraction of sp³-hybridized carbons (Fsp3) is 0.794. The number of hydrogen-bond acceptors (Lipinski definition) is 4. The minimum absolute atomic E-state index is 0.0985. The number of aliphatic hydroxyl groups is 1. The van der Waals surface area contributed by atoms with E-state index in [2.05, 4.69) is 27.7 Å². The SMILES string of the molecule is CC[C@H]1C[C@@H]2[C@H](CC[C@]3(C)[C@@H]([C@H](C)CCCC(=O)CS(=O)(=O)c4ccc(Cl)cc4)CC[C@@H]23)[C@@]2(C)CC[C@@H](O)C[C@@H]12. The number of carbonyl (C=O) groups is 1. The molecule has 0 aromatic heterocycles. The van der Waals surface area contributed by atoms with E-state index >= 15 is 0 Å². The van der Waals surface area contributed by atoms with E-state index in [4.69, 9.17) is 11.6 Å². The van der Waals surface area contributed by atoms with Crippen LogP contribution in [0.3, 0.4) is 0 Å². The van der Waals surface area contributed by atoms with E-state index in [0.717, 1.165) is 49.4 Å². The van der Waals surface area contributed by atoms with Crippen LogP contribution in [0, 0.1) is 52.3 Å². The highest BCUT2D eigenvalue weighted by molar-refractivity contribution is 7.92. The Labute approximate surface area is 248 Å². The molecule has 0 bridgehead atoms. The van der Waals surface area contributed by atoms with Crippen molar-refractivity contribution < 1.29 is 18.3 Å². The number of hydrogen-bond donors (Lipinski definition) is 1. The molecule has 4 aliphatic carbocycles. The van der Waals surface area contributed by atoms with Crippen LogP contribution in [-0.2, 0) is 14.6 Å². The van der Waals surface area contributed by atoms with Gasteiger partial charge in [-0.1, -0.05) is 52.1 Å². The van der Waals surface area contributed by atoms with Gasteiger partial charge < -0.3 is 5.11 Å². The van der Waals surface area contributed by atoms with Crippen LogP contribution in [-0.4, -0.2) is 31.2 Å². The number of ketones is 1. The summed E-state index contributed by atoms with van der Waals surface area (Å²) in [6, 6.07) is 6.06. The van der Waals surface area contributed by atoms with Crippen molar-refractivity contribution in [2.75, 3.05) is 5.75 Å². The molecule has 0 saturated heterocycles. The normalized spacial score (nSPS) is 40.1. The Morgan fingerprint density at radius 3 is 2.38 bits per heavy atom. The molecule has 4 fully saturated rings. The Bertz CT molecular complexity index is 1160. The number of rotatable bonds is 9. The second-order valence-corrected chi connectivity index (χ2v) is 17.1. The summed E-state index contributed by atoms with van der Waals surface area (Å²) >= 11 is 5.89. The van der Waals surface area contributed by atoms with Crippen molar-refractivity contribution in [3.8, 4) is 0 Å². The average Bonchev–Trinajstić information content (AvgIpc) is 3.26. The summed E-state index contributed by atoms with van der Waals surface area (Å²) < 4.78 is 25.3. The highest BCUT2D eigenvalue weighted by Gasteiger charge is 2.62. The first kappa shape index (κ1) is 30.5. The maximum atomic E-state index is 12.7. The monoisotopic (exact) mass is 590 g/mol. The van der Waals surface area contributed by atoms with Crippen molar-refractivity contribution in [2.24, 2.45) is 52.3 Å². The first-order valence-electron chi connectivity index (χ1n) is 16.1. The maximum Gasteiger partial charge on any atom is 0.185 e. The molecular weight excluding hydrogens is 540 g/mol. The van der Waals surface area contributed by atoms with Gasteiger partial charge in [-0.05, 0) is 134 Å². The smallest absolute Gasteiger partial charge is 0.185 e. The summed E-state index contributed by atoms with van der Waals surface area (Å²) in [6.07, 6.45) is 13.0. The highest BCUT2D eigenvalue weighted by Crippen LogP contribution is 2.69. The van der Waals surface area contributed by atoms with Gasteiger partial charge in [0.25, 0.3) is 0 Å². The van der Waals surface area contributed by atoms with Gasteiger partial charge in [-0.2, -0.15) is 0 Å². The zero-order valence-electron chi connectivity index (χ0n) is 25.1. The van der Waals surface area contributed by atoms with E-state index < -0.39 is 15.6 Å². The number of benzene rings is 1. The zero-order chi connectivity index (χ0) is 28.9. The lowest BCUT2D eigenvalue weighted by Gasteiger charge is -2.63. The highest BCUT2D eigenvalue weighted by atomic mass is 35.5. The molecule has 1 N–H and O–H groups in total. The minimum atomic E-state index is -3.63. The van der Waals surface area contributed by atoms with Crippen LogP contribution in [0.5, 0.6) is 0 Å². The van der Waals surface area contributed by atoms with Crippen LogP contribution in [0.15, 0.2) is 29.2 Å². The van der Waals surface area contributed by atoms with Gasteiger partial charge >= 0.3 is 0 Å². The third-order valence-electron chi connectivity index (χ3n) is 12.7. The van der Waals surface area contributed by atoms with Crippen molar-refractivity contribution in [1.29, 1.82) is 0 Å². The molecule has 4 saturated carbocycles. The summed E-state index contributed by atoms with van der Waals surface area (Å²) in [5, 5.41) is 11.0. The van der Waals surface area contributed by atoms with Crippen molar-refractivity contribution in [3.05, 3.63) is 29.3 Å². The molecular formula is C34H51ClO4S. The maximum absolute atomic E-state index is 12.7. The standard InChI is InChI=1S/C34H51ClO4S/c1-5-23-19-28-30-14-13-29(33(30,3)18-16-31(28)34(4)17-15-25(36)20-32(23)34)22(2)7-6-8-26(37)21-40(38,39)27-11-9-24(35)10-12-27/h9-12,22-23,25,28-32,36H,5-8,13-21H2,1-4H3/t22-,23+,25-,28+,29-,30+,31+,32+,33-,34-/m1/s1. The number of carbonyl (C=O) groups excluding carboxylic acids is 1. The van der Waals surface area contributed by atoms with Gasteiger partial charge in [0.1, 0.15) is 11.5 Å². The Balaban J connectivity index is 1.19. The number of fused-ring (bicyclic) bond motifs is 5. The van der Waals surface area contributed by atoms with E-state index in [9.17, 15) is 18.3 Å². The predicted molar refractivity (Wildman–Crippen MR) is 162 cm³/mol. The zero-order valence-corrected chi connectivity index (χ0v) is 26.7. The molecule has 1 aromatic rings. The van der Waals surface area contributed by atoms with E-state index in [1.54, 1.807) is 12.1 Å². The second kappa shape index (κ2) is 11.6. The van der Waals surface area contributed by atoms with Crippen LogP contribution >= 0.6 is 11.6 Å². The van der Waals surface area contributed by atoms with Crippen molar-refractivity contribution in [3.63, 3.8) is 0 Å². The molecule has 0 aliphatic heterocycles. The third kappa shape index (κ3) is 5.57. The molecule has 4 nitrogen and oxygen atoms in total. The molecule has 224 valence electrons. The van der Waals surface area contributed by atoms with Gasteiger partial charge in [-0.15, -0.1) is 0 Å². The lowest BCUT2D eigenvalue weighted by Crippen LogP contribution is -2.56. The van der Waals surface area contributed by atoms with Crippen molar-refractivity contribution in [2.45, 2.75) is 116 Å². The average molecular weight is 591 g/mol. The van der Waals surface area contributed by atoms with E-state index in [1.165, 1.54) is 57.1 Å². The summed E-state index contributed by atoms with van der Waals surface area (Å²) in [6.45, 7) is 9.93. The van der Waals surface area contributed by atoms with Crippen molar-refractivity contribution >= 4 is 27.2 Å². The fourth-order valence-corrected chi connectivity index (χ4v) is 12.2. The summed E-state index contributed by atoms with van der Waals surface area (Å²) in [5.41, 5.74) is 0.763. The molecule has 0 unspecified atom stereocenters. The quantitative estimate of drug-likeness (QED) is 0.315. The van der Waals surface area contributed by atoms with E-state index in [-0.39, 0.29) is 16.8 Å². The van der Waals surface area contributed by atoms with Crippen molar-refractivity contribution in [1.82, 2.24) is 0 Å². The van der Waals surface area contributed by atoms with Crippen LogP contribution in [0.4, 0.5) is 0 Å². The molecule has 4 aliphatic rings. The fourth-order valence-electron chi connectivity index (χ4n) is 10.7. The largest absolute Gasteiger partial charge is 0.393 e. The Kier molecular flexibility index (Phi) is 8.89. The van der Waals surface area contributed by atoms with E-state index in [0.29, 0.717) is 40.0 Å². The Morgan fingerprint density at radius 1 is 1.00 bits per heavy atom. The third-order valence-corrected chi connectivity index (χ3v) is 14.7. The lowest BCUT2D eigenvalue weighted by molar-refractivity contribution is -0.152. The first-order chi connectivity index (χ1) is 18.9. The van der Waals surface area contributed by atoms with Gasteiger partial charge in [0.15, 0.2) is 9.84 Å². The van der Waals surface area contributed by atoms with Gasteiger partial charge in [-0.25, -0.2) is 8.42 Å². The molecule has 10 atom stereocenters. The summed E-state index contributed by atoms with van der Waals surface area (Å²) in [7, 11) is -3.63. The molecule has 0 amide bonds. The molecule has 1 aromatic carbocycles. The predicted octanol–water partition coefficient (Wildman–Crippen LogP) is 8.15. The second-order valence-electron chi connectivity index (χ2n) is 14.7. The molecule has 5 rings (SSSR count). The number of aliphatic hydroxyl groups excluding tert-OH is 1. The number of sulfone groups is 1. The molecule has 40 heavy (non-hydrogen) atoms. The number of halogens is 1. The van der Waals surface area contributed by atoms with Crippen LogP contribution in [0.25, 0.3) is 0 Å². The van der Waals surface area contributed by atoms with Gasteiger partial charge in [0.05, 0.1) is 11.0 Å². The van der Waals surface area contributed by atoms with Crippen LogP contribution in [0.2, 0.25) is 5.02 Å². The molecule has 0 heterocycles. The topological polar surface area (TPSA) is 71.4 Å². The Hall–Kier alpha value is -0.910. The lowest BCUT2D eigenvalue weighted by atomic mass is 9.42. The Morgan fingerprint density at radius 2 is 1.68 bits per heavy atom. The molecule has 0 spiro atoms. The molecule has 6 heteroatoms. The van der Waals surface area contributed by atoms with Gasteiger partial charge in [0, 0.05) is 11.4 Å². The number of Topliss-reactive ketones (excluding diaryl/α,β-unsaturated/α-hetero) is 1. The summed E-state index contributed by atoms with van der Waals surface area (Å²) in [5.74, 6) is 4.47. The van der Waals surface area contributed by atoms with Crippen LogP contribution < -0.4 is 0 Å². The van der Waals surface area contributed by atoms with Crippen LogP contribution in [0.1, 0.15) is 105 Å².